The van der Waals surface area contributed by atoms with Crippen molar-refractivity contribution >= 4 is 144 Å². The molecule has 4 heterocycles. The average molecular weight is 1630 g/mol. The number of nitrogens with one attached hydrogen (secondary N) is 16. The second-order valence-electron chi connectivity index (χ2n) is 27.6. The molecule has 114 heavy (non-hydrogen) atoms. The number of H-pyrrole nitrogens is 3. The number of carboxylic acid groups (broad SMARTS) is 2. The summed E-state index contributed by atoms with van der Waals surface area (Å²) < 4.78 is 0. The number of aliphatic hydroxyl groups is 1. The van der Waals surface area contributed by atoms with E-state index in [0.717, 1.165) is 28.5 Å². The van der Waals surface area contributed by atoms with Gasteiger partial charge >= 0.3 is 11.9 Å². The molecule has 0 spiro atoms. The molecular formula is C72H101N21O19S2. The number of imidazole rings is 1. The molecule has 14 atom stereocenters. The molecule has 0 bridgehead atoms. The van der Waals surface area contributed by atoms with E-state index in [4.69, 9.17) is 17.2 Å². The summed E-state index contributed by atoms with van der Waals surface area (Å²) in [7, 11) is 1.59. The molecule has 2 aromatic carbocycles. The molecule has 25 N–H and O–H groups in total. The Labute approximate surface area is 662 Å². The van der Waals surface area contributed by atoms with Gasteiger partial charge in [-0.3, -0.25) is 76.9 Å². The molecule has 0 radical (unpaired) electrons. The van der Waals surface area contributed by atoms with Gasteiger partial charge in [0, 0.05) is 91.1 Å². The molecule has 1 aliphatic heterocycles. The lowest BCUT2D eigenvalue weighted by atomic mass is 9.97. The van der Waals surface area contributed by atoms with E-state index in [9.17, 15) is 77.6 Å². The van der Waals surface area contributed by atoms with Gasteiger partial charge in [-0.15, -0.1) is 0 Å². The van der Waals surface area contributed by atoms with Gasteiger partial charge in [0.2, 0.25) is 82.7 Å². The number of carboxylic acids is 2. The van der Waals surface area contributed by atoms with Crippen molar-refractivity contribution in [2.24, 2.45) is 34.0 Å². The van der Waals surface area contributed by atoms with Crippen molar-refractivity contribution in [1.29, 1.82) is 0 Å². The predicted molar refractivity (Wildman–Crippen MR) is 418 cm³/mol. The fourth-order valence-electron chi connectivity index (χ4n) is 12.0. The van der Waals surface area contributed by atoms with Crippen molar-refractivity contribution in [3.05, 3.63) is 90.3 Å². The molecule has 1 fully saturated rings. The summed E-state index contributed by atoms with van der Waals surface area (Å²) >= 11 is 0. The second kappa shape index (κ2) is 44.4. The van der Waals surface area contributed by atoms with Crippen molar-refractivity contribution in [2.75, 3.05) is 24.6 Å². The van der Waals surface area contributed by atoms with Crippen LogP contribution < -0.4 is 86.3 Å². The van der Waals surface area contributed by atoms with E-state index in [1.807, 2.05) is 0 Å². The van der Waals surface area contributed by atoms with Gasteiger partial charge in [-0.25, -0.2) is 9.78 Å². The van der Waals surface area contributed by atoms with Crippen LogP contribution in [0.15, 0.2) is 78.4 Å². The highest BCUT2D eigenvalue weighted by atomic mass is 33.1. The largest absolute Gasteiger partial charge is 0.481 e. The van der Waals surface area contributed by atoms with Crippen LogP contribution in [0, 0.1) is 11.8 Å². The summed E-state index contributed by atoms with van der Waals surface area (Å²) in [5, 5.41) is 64.6. The van der Waals surface area contributed by atoms with Gasteiger partial charge < -0.3 is 117 Å². The van der Waals surface area contributed by atoms with Crippen LogP contribution in [-0.2, 0) is 96.0 Å². The van der Waals surface area contributed by atoms with E-state index in [-0.39, 0.29) is 56.7 Å². The summed E-state index contributed by atoms with van der Waals surface area (Å²) in [6.45, 7) is 9.19. The van der Waals surface area contributed by atoms with E-state index >= 15 is 14.4 Å². The van der Waals surface area contributed by atoms with Crippen molar-refractivity contribution in [2.45, 2.75) is 191 Å². The number of rotatable bonds is 26. The van der Waals surface area contributed by atoms with Crippen LogP contribution in [-0.4, -0.2) is 239 Å². The number of carbonyl (C=O) groups excluding carboxylic acids is 14. The first-order valence-corrected chi connectivity index (χ1v) is 39.2. The van der Waals surface area contributed by atoms with Crippen molar-refractivity contribution in [1.82, 2.24) is 89.1 Å². The fourth-order valence-corrected chi connectivity index (χ4v) is 14.3. The maximum Gasteiger partial charge on any atom is 0.328 e. The van der Waals surface area contributed by atoms with Gasteiger partial charge in [0.05, 0.1) is 31.1 Å². The number of benzene rings is 2. The van der Waals surface area contributed by atoms with Crippen LogP contribution in [0.3, 0.4) is 0 Å². The Hall–Kier alpha value is -11.8. The zero-order valence-corrected chi connectivity index (χ0v) is 65.4. The molecule has 14 amide bonds. The lowest BCUT2D eigenvalue weighted by molar-refractivity contribution is -0.145. The molecule has 1 saturated heterocycles. The minimum Gasteiger partial charge on any atom is -0.481 e. The molecule has 40 nitrogen and oxygen atoms in total. The quantitative estimate of drug-likeness (QED) is 0.0109. The highest BCUT2D eigenvalue weighted by Gasteiger charge is 2.39. The Bertz CT molecular complexity index is 4280. The van der Waals surface area contributed by atoms with E-state index in [2.05, 4.69) is 94.0 Å². The van der Waals surface area contributed by atoms with Gasteiger partial charge in [0.25, 0.3) is 0 Å². The number of aromatic nitrogens is 4. The molecule has 1 aliphatic rings. The van der Waals surface area contributed by atoms with Gasteiger partial charge in [-0.2, -0.15) is 0 Å². The summed E-state index contributed by atoms with van der Waals surface area (Å²) in [4.78, 5) is 243. The number of fused-ring (bicyclic) bond motifs is 2. The maximum absolute atomic E-state index is 15.1. The van der Waals surface area contributed by atoms with Gasteiger partial charge in [0.15, 0.2) is 12.0 Å². The summed E-state index contributed by atoms with van der Waals surface area (Å²) in [6, 6.07) is -6.58. The van der Waals surface area contributed by atoms with Crippen molar-refractivity contribution in [3.63, 3.8) is 0 Å². The number of nitrogens with zero attached hydrogens (tertiary/aromatic N) is 2. The molecule has 6 rings (SSSR count). The van der Waals surface area contributed by atoms with Gasteiger partial charge in [-0.05, 0) is 67.7 Å². The Morgan fingerprint density at radius 1 is 0.596 bits per heavy atom. The second-order valence-corrected chi connectivity index (χ2v) is 30.2. The molecule has 620 valence electrons. The lowest BCUT2D eigenvalue weighted by Gasteiger charge is -2.29. The SMILES string of the molecule is CC[C@@H]1NC(=O)CNC(=O)[C@H](Cc2c[nH]c3ccccc23)NC(=O)[C@@H](CC(=O)O)NC(=O)[C@H](CCC(N)=O)NC(=O)[C@@H](Cc2c[nH]c3ccccc23)NC(=O)[C@H](C(C)C)NC(=O)[C@@H](NC(=O)[C@@H](NC(C)=O)[C@@H](C)CC)CSSC[C@H](C(=O)N[C@H](C(=O)O)[C@@H](C)O)NC(=O)[C@@H](CCCN=C(N)N)NC(=O)[C@H](Cc2c[nH]cn2)NC1=O. The number of hydrogen-bond donors (Lipinski definition) is 22. The number of aromatic amines is 3. The highest BCUT2D eigenvalue weighted by Crippen LogP contribution is 2.26. The Balaban J connectivity index is 1.48. The first kappa shape index (κ1) is 91.1. The van der Waals surface area contributed by atoms with Crippen LogP contribution in [0.2, 0.25) is 0 Å². The summed E-state index contributed by atoms with van der Waals surface area (Å²) in [6.07, 6.45) is 0.475. The summed E-state index contributed by atoms with van der Waals surface area (Å²) in [5.74, 6) is -20.5. The molecule has 42 heteroatoms. The number of para-hydroxylation sites is 2. The van der Waals surface area contributed by atoms with Crippen LogP contribution >= 0.6 is 21.6 Å². The standard InChI is InChI=1S/C72H101N21O19S2/c1-8-35(5)58(82-37(7)95)70(110)91-53-32-114-113-31-52(68(108)93-59(36(6)94)71(111)112)90-62(102)46(19-14-22-77-72(74)75)84-65(105)50(25-40-29-76-33-81-40)87-61(101)43(9-2)83-55(97)30-80-60(100)48(23-38-27-78-44-17-12-10-15-41(38)44)86-66(106)51(26-56(98)99)88-63(103)47(20-21-54(73)96)85-64(104)49(89-69(109)57(34(3)4)92-67(53)107)24-39-28-79-45-18-13-11-16-42(39)45/h10-13,15-18,27-29,33-36,43,46-53,57-59,78-79,94H,8-9,14,19-26,30-32H2,1-7H3,(H2,73,96)(H,76,81)(H,80,100)(H,82,95)(H,83,97)(H,84,105)(H,85,104)(H,86,106)(H,87,101)(H,88,103)(H,89,109)(H,90,102)(H,91,110)(H,92,107)(H,93,108)(H,98,99)(H,111,112)(H4,74,75,77)/t35-,36+,43-,46+,47-,48-,49+,50-,51+,52+,53-,57-,58-,59-/m0/s1. The zero-order chi connectivity index (χ0) is 84.0. The number of aliphatic carboxylic acids is 2. The minimum atomic E-state index is -2.06. The number of primary amides is 1. The number of nitrogens with two attached hydrogens (primary N) is 3. The van der Waals surface area contributed by atoms with Crippen molar-refractivity contribution in [3.8, 4) is 0 Å². The third-order valence-corrected chi connectivity index (χ3v) is 20.8. The van der Waals surface area contributed by atoms with Crippen molar-refractivity contribution < 1.29 is 92.0 Å². The van der Waals surface area contributed by atoms with E-state index in [1.54, 1.807) is 68.6 Å². The van der Waals surface area contributed by atoms with Crippen LogP contribution in [0.4, 0.5) is 0 Å². The maximum atomic E-state index is 15.1. The van der Waals surface area contributed by atoms with E-state index < -0.39 is 222 Å². The highest BCUT2D eigenvalue weighted by molar-refractivity contribution is 8.76. The van der Waals surface area contributed by atoms with E-state index in [1.165, 1.54) is 46.4 Å². The van der Waals surface area contributed by atoms with E-state index in [0.29, 0.717) is 39.4 Å². The smallest absolute Gasteiger partial charge is 0.328 e. The number of carbonyl (C=O) groups is 16. The third-order valence-electron chi connectivity index (χ3n) is 18.4. The Kier molecular flexibility index (Phi) is 35.5. The normalized spacial score (nSPS) is 22.6. The first-order chi connectivity index (χ1) is 54.1. The number of amides is 14. The molecule has 5 aromatic rings. The number of aliphatic hydroxyl groups excluding tert-OH is 1. The van der Waals surface area contributed by atoms with Gasteiger partial charge in [0.1, 0.15) is 66.5 Å². The summed E-state index contributed by atoms with van der Waals surface area (Å²) in [5.41, 5.74) is 19.0. The lowest BCUT2D eigenvalue weighted by Crippen LogP contribution is -2.61. The monoisotopic (exact) mass is 1630 g/mol. The zero-order valence-electron chi connectivity index (χ0n) is 63.8. The Morgan fingerprint density at radius 3 is 1.66 bits per heavy atom. The molecule has 0 saturated carbocycles. The number of aliphatic imine (C=N–C) groups is 1. The first-order valence-electron chi connectivity index (χ1n) is 36.7. The number of hydrogen-bond acceptors (Lipinski definition) is 21. The molecule has 0 aliphatic carbocycles. The average Bonchev–Trinajstić information content (AvgIpc) is 1.71. The topological polar surface area (TPSA) is 641 Å². The Morgan fingerprint density at radius 2 is 1.12 bits per heavy atom. The predicted octanol–water partition coefficient (Wildman–Crippen LogP) is -3.88. The molecular weight excluding hydrogens is 1530 g/mol. The molecule has 3 aromatic heterocycles. The third kappa shape index (κ3) is 28.1. The molecule has 0 unspecified atom stereocenters. The number of guanidine groups is 1. The van der Waals surface area contributed by atoms with Crippen LogP contribution in [0.1, 0.15) is 110 Å². The van der Waals surface area contributed by atoms with Gasteiger partial charge in [-0.1, -0.05) is 99.0 Å². The fraction of sp³-hybridized carbons (Fsp3) is 0.500. The van der Waals surface area contributed by atoms with Crippen LogP contribution in [0.5, 0.6) is 0 Å². The minimum absolute atomic E-state index is 0.0350. The van der Waals surface area contributed by atoms with Crippen LogP contribution in [0.25, 0.3) is 21.8 Å².